The second-order valence-corrected chi connectivity index (χ2v) is 4.61. The van der Waals surface area contributed by atoms with Crippen LogP contribution in [0.1, 0.15) is 12.8 Å². The summed E-state index contributed by atoms with van der Waals surface area (Å²) in [7, 11) is 1.75. The van der Waals surface area contributed by atoms with Crippen molar-refractivity contribution in [3.8, 4) is 0 Å². The van der Waals surface area contributed by atoms with E-state index in [-0.39, 0.29) is 0 Å². The first-order chi connectivity index (χ1) is 7.20. The maximum absolute atomic E-state index is 5.83. The maximum Gasteiger partial charge on any atom is 0.0752 e. The predicted octanol–water partition coefficient (Wildman–Crippen LogP) is 2.02. The molecule has 4 nitrogen and oxygen atoms in total. The number of hydrogen-bond donors (Lipinski definition) is 2. The molecule has 2 rings (SSSR count). The van der Waals surface area contributed by atoms with E-state index in [0.29, 0.717) is 17.8 Å². The molecule has 82 valence electrons. The van der Waals surface area contributed by atoms with Crippen molar-refractivity contribution in [1.82, 2.24) is 4.98 Å². The van der Waals surface area contributed by atoms with Gasteiger partial charge in [0, 0.05) is 19.3 Å². The van der Waals surface area contributed by atoms with Crippen LogP contribution in [0, 0.1) is 0 Å². The summed E-state index contributed by atoms with van der Waals surface area (Å²) < 4.78 is 6.13. The van der Waals surface area contributed by atoms with E-state index in [0.717, 1.165) is 23.0 Å². The van der Waals surface area contributed by atoms with Crippen molar-refractivity contribution in [2.24, 2.45) is 0 Å². The molecule has 0 aliphatic heterocycles. The number of ether oxygens (including phenoxy) is 1. The lowest BCUT2D eigenvalue weighted by molar-refractivity contribution is 0.0329. The van der Waals surface area contributed by atoms with E-state index >= 15 is 0 Å². The highest BCUT2D eigenvalue weighted by Gasteiger charge is 2.29. The molecule has 1 aliphatic rings. The van der Waals surface area contributed by atoms with Gasteiger partial charge < -0.3 is 15.8 Å². The van der Waals surface area contributed by atoms with Crippen LogP contribution in [0.25, 0.3) is 0 Å². The van der Waals surface area contributed by atoms with Crippen LogP contribution in [-0.2, 0) is 4.74 Å². The highest BCUT2D eigenvalue weighted by molar-refractivity contribution is 9.10. The molecule has 1 saturated carbocycles. The van der Waals surface area contributed by atoms with Gasteiger partial charge in [-0.05, 0) is 28.8 Å². The average molecular weight is 272 g/mol. The van der Waals surface area contributed by atoms with Gasteiger partial charge in [0.15, 0.2) is 0 Å². The molecule has 0 unspecified atom stereocenters. The first-order valence-electron chi connectivity index (χ1n) is 4.89. The minimum Gasteiger partial charge on any atom is -0.396 e. The molecule has 0 amide bonds. The molecule has 15 heavy (non-hydrogen) atoms. The van der Waals surface area contributed by atoms with Crippen molar-refractivity contribution in [2.45, 2.75) is 25.0 Å². The van der Waals surface area contributed by atoms with Gasteiger partial charge in [0.25, 0.3) is 0 Å². The van der Waals surface area contributed by atoms with Crippen molar-refractivity contribution in [3.63, 3.8) is 0 Å². The SMILES string of the molecule is COC1CC(Nc2c(N)cncc2Br)C1. The Labute approximate surface area is 97.3 Å². The van der Waals surface area contributed by atoms with Crippen molar-refractivity contribution in [2.75, 3.05) is 18.2 Å². The Kier molecular flexibility index (Phi) is 3.11. The first kappa shape index (κ1) is 10.7. The largest absolute Gasteiger partial charge is 0.396 e. The van der Waals surface area contributed by atoms with Crippen molar-refractivity contribution in [1.29, 1.82) is 0 Å². The number of pyridine rings is 1. The van der Waals surface area contributed by atoms with E-state index in [9.17, 15) is 0 Å². The van der Waals surface area contributed by atoms with Crippen LogP contribution in [0.4, 0.5) is 11.4 Å². The second-order valence-electron chi connectivity index (χ2n) is 3.76. The van der Waals surface area contributed by atoms with Gasteiger partial charge in [-0.3, -0.25) is 4.98 Å². The lowest BCUT2D eigenvalue weighted by atomic mass is 9.89. The molecule has 1 aliphatic carbocycles. The van der Waals surface area contributed by atoms with Gasteiger partial charge in [-0.2, -0.15) is 0 Å². The Bertz CT molecular complexity index is 332. The quantitative estimate of drug-likeness (QED) is 0.883. The molecule has 1 heterocycles. The summed E-state index contributed by atoms with van der Waals surface area (Å²) in [5.41, 5.74) is 7.44. The smallest absolute Gasteiger partial charge is 0.0752 e. The number of nitrogens with zero attached hydrogens (tertiary/aromatic N) is 1. The van der Waals surface area contributed by atoms with Crippen molar-refractivity contribution >= 4 is 27.3 Å². The molecular formula is C10H14BrN3O. The molecule has 1 aromatic heterocycles. The Balaban J connectivity index is 2.00. The number of nitrogens with two attached hydrogens (primary N) is 1. The van der Waals surface area contributed by atoms with Gasteiger partial charge in [-0.25, -0.2) is 0 Å². The normalized spacial score (nSPS) is 24.7. The summed E-state index contributed by atoms with van der Waals surface area (Å²) >= 11 is 3.42. The number of nitrogen functional groups attached to an aromatic ring is 1. The molecular weight excluding hydrogens is 258 g/mol. The average Bonchev–Trinajstić information content (AvgIpc) is 2.14. The maximum atomic E-state index is 5.83. The van der Waals surface area contributed by atoms with Gasteiger partial charge in [0.2, 0.25) is 0 Å². The van der Waals surface area contributed by atoms with Gasteiger partial charge in [0.05, 0.1) is 28.1 Å². The molecule has 0 spiro atoms. The van der Waals surface area contributed by atoms with Gasteiger partial charge in [-0.1, -0.05) is 0 Å². The predicted molar refractivity (Wildman–Crippen MR) is 63.8 cm³/mol. The van der Waals surface area contributed by atoms with E-state index in [4.69, 9.17) is 10.5 Å². The Morgan fingerprint density at radius 3 is 2.87 bits per heavy atom. The Morgan fingerprint density at radius 2 is 2.27 bits per heavy atom. The number of anilines is 2. The zero-order valence-corrected chi connectivity index (χ0v) is 10.1. The fourth-order valence-electron chi connectivity index (χ4n) is 1.68. The number of rotatable bonds is 3. The summed E-state index contributed by atoms with van der Waals surface area (Å²) in [6, 6.07) is 0.455. The molecule has 5 heteroatoms. The van der Waals surface area contributed by atoms with Crippen molar-refractivity contribution in [3.05, 3.63) is 16.9 Å². The monoisotopic (exact) mass is 271 g/mol. The number of methoxy groups -OCH3 is 1. The molecule has 0 saturated heterocycles. The highest BCUT2D eigenvalue weighted by Crippen LogP contribution is 2.32. The minimum absolute atomic E-state index is 0.393. The van der Waals surface area contributed by atoms with E-state index in [2.05, 4.69) is 26.2 Å². The van der Waals surface area contributed by atoms with E-state index in [1.54, 1.807) is 19.5 Å². The van der Waals surface area contributed by atoms with E-state index in [1.807, 2.05) is 0 Å². The summed E-state index contributed by atoms with van der Waals surface area (Å²) in [5.74, 6) is 0. The minimum atomic E-state index is 0.393. The molecule has 1 fully saturated rings. The number of halogens is 1. The summed E-state index contributed by atoms with van der Waals surface area (Å²) in [6.07, 6.45) is 5.85. The van der Waals surface area contributed by atoms with E-state index < -0.39 is 0 Å². The van der Waals surface area contributed by atoms with Gasteiger partial charge >= 0.3 is 0 Å². The standard InChI is InChI=1S/C10H14BrN3O/c1-15-7-2-6(3-7)14-10-8(11)4-13-5-9(10)12/h4-7H,2-3,12H2,1H3,(H,13,14). The van der Waals surface area contributed by atoms with Crippen LogP contribution in [0.15, 0.2) is 16.9 Å². The number of nitrogens with one attached hydrogen (secondary N) is 1. The van der Waals surface area contributed by atoms with Crippen LogP contribution in [0.3, 0.4) is 0 Å². The molecule has 0 aromatic carbocycles. The molecule has 0 bridgehead atoms. The summed E-state index contributed by atoms with van der Waals surface area (Å²) in [4.78, 5) is 3.99. The Morgan fingerprint density at radius 1 is 1.53 bits per heavy atom. The molecule has 0 radical (unpaired) electrons. The fourth-order valence-corrected chi connectivity index (χ4v) is 2.14. The lowest BCUT2D eigenvalue weighted by Gasteiger charge is -2.35. The lowest BCUT2D eigenvalue weighted by Crippen LogP contribution is -2.40. The highest BCUT2D eigenvalue weighted by atomic mass is 79.9. The number of hydrogen-bond acceptors (Lipinski definition) is 4. The fraction of sp³-hybridized carbons (Fsp3) is 0.500. The first-order valence-corrected chi connectivity index (χ1v) is 5.68. The Hall–Kier alpha value is -0.810. The summed E-state index contributed by atoms with van der Waals surface area (Å²) in [6.45, 7) is 0. The van der Waals surface area contributed by atoms with E-state index in [1.165, 1.54) is 0 Å². The second kappa shape index (κ2) is 4.37. The third kappa shape index (κ3) is 2.23. The topological polar surface area (TPSA) is 60.2 Å². The van der Waals surface area contributed by atoms with Gasteiger partial charge in [-0.15, -0.1) is 0 Å². The van der Waals surface area contributed by atoms with Gasteiger partial charge in [0.1, 0.15) is 0 Å². The molecule has 0 atom stereocenters. The summed E-state index contributed by atoms with van der Waals surface area (Å²) in [5, 5.41) is 3.39. The molecule has 1 aromatic rings. The van der Waals surface area contributed by atoms with Crippen LogP contribution in [0.2, 0.25) is 0 Å². The van der Waals surface area contributed by atoms with Crippen molar-refractivity contribution < 1.29 is 4.74 Å². The zero-order valence-electron chi connectivity index (χ0n) is 8.53. The van der Waals surface area contributed by atoms with Crippen LogP contribution < -0.4 is 11.1 Å². The third-order valence-corrected chi connectivity index (χ3v) is 3.31. The van der Waals surface area contributed by atoms with Crippen LogP contribution >= 0.6 is 15.9 Å². The molecule has 3 N–H and O–H groups in total. The van der Waals surface area contributed by atoms with Crippen LogP contribution in [0.5, 0.6) is 0 Å². The third-order valence-electron chi connectivity index (χ3n) is 2.71. The number of aromatic nitrogens is 1. The zero-order chi connectivity index (χ0) is 10.8. The van der Waals surface area contributed by atoms with Crippen LogP contribution in [-0.4, -0.2) is 24.2 Å².